The third-order valence-corrected chi connectivity index (χ3v) is 8.07. The molecule has 1 aliphatic rings. The number of aromatic nitrogens is 2. The number of rotatable bonds is 6. The van der Waals surface area contributed by atoms with Gasteiger partial charge in [-0.25, -0.2) is 9.78 Å². The summed E-state index contributed by atoms with van der Waals surface area (Å²) in [6.45, 7) is 9.08. The Bertz CT molecular complexity index is 1380. The van der Waals surface area contributed by atoms with Crippen LogP contribution in [0.4, 0.5) is 22.1 Å². The molecule has 1 aliphatic heterocycles. The second-order valence-electron chi connectivity index (χ2n) is 10.6. The average Bonchev–Trinajstić information content (AvgIpc) is 2.90. The van der Waals surface area contributed by atoms with E-state index in [0.717, 1.165) is 32.1 Å². The van der Waals surface area contributed by atoms with Crippen LogP contribution in [-0.4, -0.2) is 52.7 Å². The molecule has 0 saturated carbocycles. The Morgan fingerprint density at radius 2 is 1.88 bits per heavy atom. The molecule has 1 saturated heterocycles. The van der Waals surface area contributed by atoms with Crippen LogP contribution in [0.15, 0.2) is 47.1 Å². The number of aryl methyl sites for hydroxylation is 1. The summed E-state index contributed by atoms with van der Waals surface area (Å²) in [4.78, 5) is 35.9. The highest BCUT2D eigenvalue weighted by molar-refractivity contribution is 14.1. The number of nitrogens with zero attached hydrogens (tertiary/aromatic N) is 3. The van der Waals surface area contributed by atoms with Gasteiger partial charge in [0.1, 0.15) is 11.2 Å². The fraction of sp³-hybridized carbons (Fsp3) is 0.379. The number of hydrogen-bond acceptors (Lipinski definition) is 7. The Hall–Kier alpha value is -2.93. The molecule has 2 heterocycles. The van der Waals surface area contributed by atoms with Gasteiger partial charge in [0.15, 0.2) is 0 Å². The maximum absolute atomic E-state index is 13.0. The molecule has 1 aromatic heterocycles. The third kappa shape index (κ3) is 7.42. The van der Waals surface area contributed by atoms with Crippen molar-refractivity contribution in [2.75, 3.05) is 30.8 Å². The number of anilines is 3. The molecule has 2 amide bonds. The first-order valence-electron chi connectivity index (χ1n) is 13.0. The van der Waals surface area contributed by atoms with Gasteiger partial charge in [-0.15, -0.1) is 0 Å². The highest BCUT2D eigenvalue weighted by atomic mass is 127. The van der Waals surface area contributed by atoms with Gasteiger partial charge in [0.2, 0.25) is 11.8 Å². The van der Waals surface area contributed by atoms with Crippen LogP contribution in [0.5, 0.6) is 5.88 Å². The van der Waals surface area contributed by atoms with Gasteiger partial charge in [-0.1, -0.05) is 12.1 Å². The third-order valence-electron chi connectivity index (χ3n) is 6.51. The Labute approximate surface area is 256 Å². The van der Waals surface area contributed by atoms with Crippen molar-refractivity contribution in [1.82, 2.24) is 14.9 Å². The lowest BCUT2D eigenvalue weighted by atomic mass is 9.87. The number of benzene rings is 2. The number of nitrogens with one attached hydrogen (secondary N) is 2. The monoisotopic (exact) mass is 721 g/mol. The van der Waals surface area contributed by atoms with Crippen molar-refractivity contribution < 1.29 is 19.1 Å². The number of piperidine rings is 1. The summed E-state index contributed by atoms with van der Waals surface area (Å²) in [6, 6.07) is 11.8. The number of para-hydroxylation sites is 1. The van der Waals surface area contributed by atoms with Gasteiger partial charge < -0.3 is 25.0 Å². The zero-order chi connectivity index (χ0) is 29.0. The Balaban J connectivity index is 1.41. The zero-order valence-corrected chi connectivity index (χ0v) is 26.9. The minimum atomic E-state index is -0.494. The van der Waals surface area contributed by atoms with E-state index in [9.17, 15) is 9.59 Å². The minimum Gasteiger partial charge on any atom is -0.480 e. The number of likely N-dealkylation sites (tertiary alicyclic amines) is 1. The van der Waals surface area contributed by atoms with Crippen LogP contribution in [0.25, 0.3) is 0 Å². The van der Waals surface area contributed by atoms with Crippen molar-refractivity contribution in [3.05, 3.63) is 67.3 Å². The average molecular weight is 722 g/mol. The summed E-state index contributed by atoms with van der Waals surface area (Å²) in [5.74, 6) is 0.490. The molecule has 0 aliphatic carbocycles. The van der Waals surface area contributed by atoms with E-state index in [4.69, 9.17) is 9.47 Å². The molecule has 1 fully saturated rings. The van der Waals surface area contributed by atoms with Crippen molar-refractivity contribution in [2.24, 2.45) is 0 Å². The van der Waals surface area contributed by atoms with E-state index in [0.29, 0.717) is 30.6 Å². The molecule has 0 bridgehead atoms. The fourth-order valence-electron chi connectivity index (χ4n) is 4.58. The zero-order valence-electron chi connectivity index (χ0n) is 23.2. The summed E-state index contributed by atoms with van der Waals surface area (Å²) in [5, 5.41) is 6.12. The van der Waals surface area contributed by atoms with Crippen molar-refractivity contribution >= 4 is 67.8 Å². The molecular formula is C29H33BrIN5O4. The Morgan fingerprint density at radius 3 is 2.50 bits per heavy atom. The summed E-state index contributed by atoms with van der Waals surface area (Å²) in [7, 11) is 1.47. The minimum absolute atomic E-state index is 0.169. The highest BCUT2D eigenvalue weighted by Gasteiger charge is 2.28. The van der Waals surface area contributed by atoms with E-state index in [1.165, 1.54) is 18.9 Å². The lowest BCUT2D eigenvalue weighted by molar-refractivity contribution is 0.0204. The molecule has 11 heteroatoms. The van der Waals surface area contributed by atoms with Crippen LogP contribution < -0.4 is 15.4 Å². The number of amides is 2. The first kappa shape index (κ1) is 30.0. The van der Waals surface area contributed by atoms with Gasteiger partial charge in [-0.3, -0.25) is 4.79 Å². The van der Waals surface area contributed by atoms with Gasteiger partial charge in [-0.2, -0.15) is 4.98 Å². The van der Waals surface area contributed by atoms with Crippen LogP contribution in [0.1, 0.15) is 61.0 Å². The molecule has 2 N–H and O–H groups in total. The first-order chi connectivity index (χ1) is 18.9. The summed E-state index contributed by atoms with van der Waals surface area (Å²) in [6.07, 6.45) is 2.97. The van der Waals surface area contributed by atoms with Gasteiger partial charge in [0.05, 0.1) is 12.8 Å². The summed E-state index contributed by atoms with van der Waals surface area (Å²) >= 11 is 5.64. The number of carbonyl (C=O) groups is 2. The normalized spacial score (nSPS) is 14.0. The van der Waals surface area contributed by atoms with E-state index in [1.54, 1.807) is 4.90 Å². The van der Waals surface area contributed by atoms with Gasteiger partial charge in [-0.05, 0) is 120 Å². The molecule has 4 rings (SSSR count). The number of methoxy groups -OCH3 is 1. The van der Waals surface area contributed by atoms with Crippen molar-refractivity contribution in [3.8, 4) is 5.88 Å². The van der Waals surface area contributed by atoms with Crippen molar-refractivity contribution in [3.63, 3.8) is 0 Å². The number of halogens is 2. The van der Waals surface area contributed by atoms with E-state index in [2.05, 4.69) is 78.2 Å². The maximum Gasteiger partial charge on any atom is 0.410 e. The molecule has 0 atom stereocenters. The smallest absolute Gasteiger partial charge is 0.410 e. The van der Waals surface area contributed by atoms with Crippen LogP contribution in [0.3, 0.4) is 0 Å². The van der Waals surface area contributed by atoms with E-state index < -0.39 is 5.60 Å². The SMILES string of the molecule is COc1nc(Nc2ccc(C3CCN(C(=O)OC(C)(C)C)CC3)c(C)c2)ncc1C(=O)Nc1c(Br)cccc1I. The van der Waals surface area contributed by atoms with E-state index in [1.807, 2.05) is 45.0 Å². The van der Waals surface area contributed by atoms with Crippen LogP contribution in [-0.2, 0) is 4.74 Å². The first-order valence-corrected chi connectivity index (χ1v) is 14.8. The molecule has 0 unspecified atom stereocenters. The van der Waals surface area contributed by atoms with E-state index >= 15 is 0 Å². The molecule has 9 nitrogen and oxygen atoms in total. The highest BCUT2D eigenvalue weighted by Crippen LogP contribution is 2.33. The Kier molecular flexibility index (Phi) is 9.55. The molecule has 0 radical (unpaired) electrons. The molecule has 2 aromatic carbocycles. The van der Waals surface area contributed by atoms with Gasteiger partial charge in [0, 0.05) is 33.0 Å². The fourth-order valence-corrected chi connectivity index (χ4v) is 6.04. The number of carbonyl (C=O) groups excluding carboxylic acids is 2. The summed E-state index contributed by atoms with van der Waals surface area (Å²) in [5.41, 5.74) is 3.64. The number of hydrogen-bond donors (Lipinski definition) is 2. The van der Waals surface area contributed by atoms with Crippen LogP contribution in [0, 0.1) is 10.5 Å². The lowest BCUT2D eigenvalue weighted by Crippen LogP contribution is -2.41. The van der Waals surface area contributed by atoms with Crippen LogP contribution >= 0.6 is 38.5 Å². The van der Waals surface area contributed by atoms with Crippen molar-refractivity contribution in [2.45, 2.75) is 52.1 Å². The molecule has 0 spiro atoms. The molecule has 212 valence electrons. The largest absolute Gasteiger partial charge is 0.480 e. The lowest BCUT2D eigenvalue weighted by Gasteiger charge is -2.34. The van der Waals surface area contributed by atoms with E-state index in [-0.39, 0.29) is 23.4 Å². The Morgan fingerprint density at radius 1 is 1.15 bits per heavy atom. The predicted molar refractivity (Wildman–Crippen MR) is 168 cm³/mol. The standard InChI is InChI=1S/C29H33BrIN5O4/c1-17-15-19(9-10-20(17)18-11-13-36(14-12-18)28(38)40-29(2,3)4)33-27-32-16-21(26(35-27)39-5)25(37)34-24-22(30)7-6-8-23(24)31/h6-10,15-16,18H,11-14H2,1-5H3,(H,34,37)(H,32,33,35). The molecular weight excluding hydrogens is 689 g/mol. The quantitative estimate of drug-likeness (QED) is 0.258. The van der Waals surface area contributed by atoms with Crippen molar-refractivity contribution in [1.29, 1.82) is 0 Å². The van der Waals surface area contributed by atoms with Crippen LogP contribution in [0.2, 0.25) is 0 Å². The number of ether oxygens (including phenoxy) is 2. The molecule has 3 aromatic rings. The predicted octanol–water partition coefficient (Wildman–Crippen LogP) is 7.27. The molecule has 40 heavy (non-hydrogen) atoms. The second kappa shape index (κ2) is 12.7. The second-order valence-corrected chi connectivity index (χ2v) is 12.6. The van der Waals surface area contributed by atoms with Gasteiger partial charge in [0.25, 0.3) is 5.91 Å². The van der Waals surface area contributed by atoms with Gasteiger partial charge >= 0.3 is 6.09 Å². The topological polar surface area (TPSA) is 106 Å². The summed E-state index contributed by atoms with van der Waals surface area (Å²) < 4.78 is 12.6. The maximum atomic E-state index is 13.0.